The number of carbonyl (C=O) groups is 1. The molecule has 7 heavy (non-hydrogen) atoms. The second-order valence-corrected chi connectivity index (χ2v) is 0.641. The molecular weight excluding hydrogens is 104 g/mol. The van der Waals surface area contributed by atoms with E-state index in [9.17, 15) is 14.9 Å². The summed E-state index contributed by atoms with van der Waals surface area (Å²) in [6, 6.07) is 0. The molecular formula is CH2N2O4. The van der Waals surface area contributed by atoms with Gasteiger partial charge in [0.05, 0.1) is 0 Å². The van der Waals surface area contributed by atoms with Crippen LogP contribution in [0, 0.1) is 10.1 Å². The third-order valence-corrected chi connectivity index (χ3v) is 0.250. The quantitative estimate of drug-likeness (QED) is 0.324. The molecule has 0 spiro atoms. The minimum atomic E-state index is -1.65. The second-order valence-electron chi connectivity index (χ2n) is 0.641. The van der Waals surface area contributed by atoms with Crippen LogP contribution in [0.4, 0.5) is 4.79 Å². The first-order valence-electron chi connectivity index (χ1n) is 1.23. The first kappa shape index (κ1) is 5.83. The molecule has 0 saturated heterocycles. The molecule has 0 aliphatic carbocycles. The molecule has 0 unspecified atom stereocenters. The zero-order chi connectivity index (χ0) is 5.86. The highest BCUT2D eigenvalue weighted by Crippen LogP contribution is 1.71. The molecule has 6 heteroatoms. The molecule has 40 valence electrons. The highest BCUT2D eigenvalue weighted by atomic mass is 16.7. The molecule has 0 atom stereocenters. The molecule has 0 radical (unpaired) electrons. The van der Waals surface area contributed by atoms with Gasteiger partial charge in [-0.25, -0.2) is 0 Å². The number of rotatable bonds is 0. The Morgan fingerprint density at radius 2 is 2.29 bits per heavy atom. The fourth-order valence-electron chi connectivity index (χ4n) is 0.0430. The smallest absolute Gasteiger partial charge is 0.314 e. The summed E-state index contributed by atoms with van der Waals surface area (Å²) in [5, 5.41) is 9.18. The fourth-order valence-corrected chi connectivity index (χ4v) is 0.0430. The third-order valence-electron chi connectivity index (χ3n) is 0.250. The van der Waals surface area contributed by atoms with E-state index in [-0.39, 0.29) is 0 Å². The van der Waals surface area contributed by atoms with Gasteiger partial charge in [-0.05, 0) is 0 Å². The van der Waals surface area contributed by atoms with Crippen molar-refractivity contribution < 1.29 is 14.6 Å². The van der Waals surface area contributed by atoms with Crippen LogP contribution in [-0.2, 0) is 4.84 Å². The number of amides is 1. The van der Waals surface area contributed by atoms with E-state index < -0.39 is 11.0 Å². The number of nitrogens with zero attached hydrogens (tertiary/aromatic N) is 1. The minimum absolute atomic E-state index is 1.26. The van der Waals surface area contributed by atoms with Crippen LogP contribution >= 0.6 is 0 Å². The van der Waals surface area contributed by atoms with Crippen molar-refractivity contribution in [2.75, 3.05) is 0 Å². The number of carbonyl (C=O) groups excluding carboxylic acids is 1. The number of nitro groups is 1. The standard InChI is InChI=1S/CH2N2O4/c2-7-1(4)3(5)6/h2H2. The van der Waals surface area contributed by atoms with Crippen molar-refractivity contribution in [1.29, 1.82) is 0 Å². The number of nitrogens with two attached hydrogens (primary N) is 1. The predicted octanol–water partition coefficient (Wildman–Crippen LogP) is -0.727. The Kier molecular flexibility index (Phi) is 1.74. The normalized spacial score (nSPS) is 7.57. The number of hydrogen-bond acceptors (Lipinski definition) is 5. The van der Waals surface area contributed by atoms with Gasteiger partial charge in [-0.3, -0.25) is 10.1 Å². The van der Waals surface area contributed by atoms with Gasteiger partial charge in [0.1, 0.15) is 4.92 Å². The Hall–Kier alpha value is -1.17. The Bertz CT molecular complexity index is 97.9. The number of hydrogen-bond donors (Lipinski definition) is 1. The lowest BCUT2D eigenvalue weighted by molar-refractivity contribution is -0.396. The molecule has 0 saturated carbocycles. The topological polar surface area (TPSA) is 95.5 Å². The van der Waals surface area contributed by atoms with E-state index in [2.05, 4.69) is 10.7 Å². The summed E-state index contributed by atoms with van der Waals surface area (Å²) in [6.07, 6.45) is -1.65. The molecule has 0 aliphatic rings. The summed E-state index contributed by atoms with van der Waals surface area (Å²) in [4.78, 5) is 20.6. The van der Waals surface area contributed by atoms with Crippen molar-refractivity contribution >= 4 is 6.09 Å². The Labute approximate surface area is 38.0 Å². The zero-order valence-electron chi connectivity index (χ0n) is 3.16. The van der Waals surface area contributed by atoms with Gasteiger partial charge in [-0.15, -0.1) is 0 Å². The summed E-state index contributed by atoms with van der Waals surface area (Å²) in [7, 11) is 0. The van der Waals surface area contributed by atoms with E-state index in [1.807, 2.05) is 0 Å². The average Bonchev–Trinajstić information content (AvgIpc) is 1.65. The largest absolute Gasteiger partial charge is 0.675 e. The Balaban J connectivity index is 3.58. The molecule has 0 rings (SSSR count). The van der Waals surface area contributed by atoms with Crippen molar-refractivity contribution in [2.45, 2.75) is 0 Å². The van der Waals surface area contributed by atoms with Crippen LogP contribution in [0.1, 0.15) is 0 Å². The van der Waals surface area contributed by atoms with Gasteiger partial charge >= 0.3 is 6.09 Å². The van der Waals surface area contributed by atoms with Crippen molar-refractivity contribution in [1.82, 2.24) is 0 Å². The third kappa shape index (κ3) is 1.66. The highest BCUT2D eigenvalue weighted by molar-refractivity contribution is 5.56. The second kappa shape index (κ2) is 2.08. The van der Waals surface area contributed by atoms with Crippen molar-refractivity contribution in [3.8, 4) is 0 Å². The Morgan fingerprint density at radius 3 is 2.29 bits per heavy atom. The van der Waals surface area contributed by atoms with Crippen molar-refractivity contribution in [3.05, 3.63) is 10.1 Å². The maximum absolute atomic E-state index is 9.47. The van der Waals surface area contributed by atoms with Crippen LogP contribution in [0.2, 0.25) is 0 Å². The lowest BCUT2D eigenvalue weighted by Gasteiger charge is -1.80. The van der Waals surface area contributed by atoms with Crippen molar-refractivity contribution in [2.24, 2.45) is 5.90 Å². The summed E-state index contributed by atoms with van der Waals surface area (Å²) in [6.45, 7) is 0. The van der Waals surface area contributed by atoms with Gasteiger partial charge in [0.2, 0.25) is 0 Å². The fraction of sp³-hybridized carbons (Fsp3) is 0. The SMILES string of the molecule is NOC(=O)[N+](=O)[O-]. The molecule has 1 amide bonds. The van der Waals surface area contributed by atoms with Crippen molar-refractivity contribution in [3.63, 3.8) is 0 Å². The summed E-state index contributed by atoms with van der Waals surface area (Å²) >= 11 is 0. The zero-order valence-corrected chi connectivity index (χ0v) is 3.16. The van der Waals surface area contributed by atoms with E-state index in [0.29, 0.717) is 0 Å². The molecule has 0 aliphatic heterocycles. The van der Waals surface area contributed by atoms with E-state index in [1.54, 1.807) is 0 Å². The molecule has 6 nitrogen and oxygen atoms in total. The summed E-state index contributed by atoms with van der Waals surface area (Å²) in [5.74, 6) is 4.08. The molecule has 0 aromatic heterocycles. The van der Waals surface area contributed by atoms with Gasteiger partial charge in [-0.1, -0.05) is 0 Å². The monoisotopic (exact) mass is 106 g/mol. The Morgan fingerprint density at radius 1 is 1.86 bits per heavy atom. The summed E-state index contributed by atoms with van der Waals surface area (Å²) < 4.78 is 0. The molecule has 0 fully saturated rings. The van der Waals surface area contributed by atoms with E-state index >= 15 is 0 Å². The lowest BCUT2D eigenvalue weighted by atomic mass is 11.3. The highest BCUT2D eigenvalue weighted by Gasteiger charge is 2.13. The van der Waals surface area contributed by atoms with Gasteiger partial charge in [0.15, 0.2) is 0 Å². The van der Waals surface area contributed by atoms with Crippen LogP contribution in [0.3, 0.4) is 0 Å². The maximum atomic E-state index is 9.47. The van der Waals surface area contributed by atoms with Crippen LogP contribution in [0.25, 0.3) is 0 Å². The molecule has 0 aromatic carbocycles. The van der Waals surface area contributed by atoms with Crippen LogP contribution in [0.5, 0.6) is 0 Å². The van der Waals surface area contributed by atoms with E-state index in [1.165, 1.54) is 0 Å². The van der Waals surface area contributed by atoms with Gasteiger partial charge in [0, 0.05) is 0 Å². The molecule has 0 bridgehead atoms. The minimum Gasteiger partial charge on any atom is -0.314 e. The average molecular weight is 106 g/mol. The summed E-state index contributed by atoms with van der Waals surface area (Å²) in [5.41, 5.74) is 0. The van der Waals surface area contributed by atoms with Gasteiger partial charge < -0.3 is 4.84 Å². The first-order valence-corrected chi connectivity index (χ1v) is 1.23. The maximum Gasteiger partial charge on any atom is 0.675 e. The van der Waals surface area contributed by atoms with Gasteiger partial charge in [-0.2, -0.15) is 10.7 Å². The van der Waals surface area contributed by atoms with Crippen LogP contribution in [-0.4, -0.2) is 11.0 Å². The van der Waals surface area contributed by atoms with Gasteiger partial charge in [0.25, 0.3) is 0 Å². The van der Waals surface area contributed by atoms with Crippen LogP contribution in [0.15, 0.2) is 0 Å². The van der Waals surface area contributed by atoms with E-state index in [0.717, 1.165) is 0 Å². The molecule has 2 N–H and O–H groups in total. The molecule has 0 heterocycles. The molecule has 0 aromatic rings. The lowest BCUT2D eigenvalue weighted by Crippen LogP contribution is -2.16. The predicted molar refractivity (Wildman–Crippen MR) is 17.7 cm³/mol. The first-order chi connectivity index (χ1) is 3.18. The van der Waals surface area contributed by atoms with Crippen LogP contribution < -0.4 is 5.90 Å². The van der Waals surface area contributed by atoms with E-state index in [4.69, 9.17) is 0 Å².